The van der Waals surface area contributed by atoms with Gasteiger partial charge >= 0.3 is 5.97 Å². The first-order valence-electron chi connectivity index (χ1n) is 9.74. The Morgan fingerprint density at radius 3 is 2.71 bits per heavy atom. The molecule has 0 spiro atoms. The maximum atomic E-state index is 12.8. The zero-order valence-electron chi connectivity index (χ0n) is 17.1. The fraction of sp³-hybridized carbons (Fsp3) is 0.227. The van der Waals surface area contributed by atoms with Crippen LogP contribution >= 0.6 is 0 Å². The van der Waals surface area contributed by atoms with Gasteiger partial charge in [-0.3, -0.25) is 4.79 Å². The lowest BCUT2D eigenvalue weighted by atomic mass is 10.1. The van der Waals surface area contributed by atoms with Gasteiger partial charge in [-0.15, -0.1) is 0 Å². The maximum Gasteiger partial charge on any atom is 0.359 e. The SMILES string of the molecule is CCCn1nc(C(=O)OCc2nc(-c3cccc(OC)c3)no2)c2ccccc2c1=O. The average Bonchev–Trinajstić information content (AvgIpc) is 3.29. The molecule has 0 saturated heterocycles. The summed E-state index contributed by atoms with van der Waals surface area (Å²) in [5.41, 5.74) is 0.532. The van der Waals surface area contributed by atoms with Crippen LogP contribution in [0.25, 0.3) is 22.2 Å². The molecule has 0 atom stereocenters. The molecule has 9 nitrogen and oxygen atoms in total. The normalized spacial score (nSPS) is 10.9. The van der Waals surface area contributed by atoms with Crippen molar-refractivity contribution in [2.45, 2.75) is 26.5 Å². The van der Waals surface area contributed by atoms with E-state index >= 15 is 0 Å². The summed E-state index contributed by atoms with van der Waals surface area (Å²) in [5, 5.41) is 8.99. The quantitative estimate of drug-likeness (QED) is 0.419. The van der Waals surface area contributed by atoms with E-state index in [1.807, 2.05) is 25.1 Å². The smallest absolute Gasteiger partial charge is 0.359 e. The molecule has 2 aromatic heterocycles. The standard InChI is InChI=1S/C22H20N4O5/c1-3-11-26-21(27)17-10-5-4-9-16(17)19(24-26)22(28)30-13-18-23-20(25-31-18)14-7-6-8-15(12-14)29-2/h4-10,12H,3,11,13H2,1-2H3. The predicted molar refractivity (Wildman–Crippen MR) is 112 cm³/mol. The first-order valence-corrected chi connectivity index (χ1v) is 9.74. The number of nitrogens with zero attached hydrogens (tertiary/aromatic N) is 4. The number of aryl methyl sites for hydroxylation is 1. The second-order valence-electron chi connectivity index (χ2n) is 6.74. The third-order valence-corrected chi connectivity index (χ3v) is 4.62. The minimum Gasteiger partial charge on any atom is -0.497 e. The Morgan fingerprint density at radius 2 is 1.94 bits per heavy atom. The number of hydrogen-bond acceptors (Lipinski definition) is 8. The highest BCUT2D eigenvalue weighted by Gasteiger charge is 2.19. The van der Waals surface area contributed by atoms with Crippen molar-refractivity contribution in [3.8, 4) is 17.1 Å². The van der Waals surface area contributed by atoms with Gasteiger partial charge in [-0.05, 0) is 24.6 Å². The summed E-state index contributed by atoms with van der Waals surface area (Å²) in [4.78, 5) is 29.6. The fourth-order valence-electron chi connectivity index (χ4n) is 3.14. The molecule has 0 aliphatic rings. The summed E-state index contributed by atoms with van der Waals surface area (Å²) in [6, 6.07) is 14.0. The Balaban J connectivity index is 1.56. The van der Waals surface area contributed by atoms with E-state index in [9.17, 15) is 9.59 Å². The van der Waals surface area contributed by atoms with Crippen LogP contribution in [-0.4, -0.2) is 33.0 Å². The number of aromatic nitrogens is 4. The van der Waals surface area contributed by atoms with Crippen LogP contribution in [0.4, 0.5) is 0 Å². The zero-order valence-corrected chi connectivity index (χ0v) is 17.1. The van der Waals surface area contributed by atoms with Gasteiger partial charge in [-0.1, -0.05) is 42.4 Å². The Bertz CT molecular complexity index is 1290. The maximum absolute atomic E-state index is 12.8. The molecule has 2 heterocycles. The van der Waals surface area contributed by atoms with Crippen molar-refractivity contribution in [1.82, 2.24) is 19.9 Å². The number of benzene rings is 2. The number of methoxy groups -OCH3 is 1. The van der Waals surface area contributed by atoms with Crippen molar-refractivity contribution in [3.05, 3.63) is 70.5 Å². The number of rotatable bonds is 7. The Labute approximate surface area is 177 Å². The molecule has 0 unspecified atom stereocenters. The van der Waals surface area contributed by atoms with E-state index in [4.69, 9.17) is 14.0 Å². The highest BCUT2D eigenvalue weighted by atomic mass is 16.6. The molecule has 0 aliphatic carbocycles. The molecule has 0 fully saturated rings. The minimum absolute atomic E-state index is 0.0659. The molecule has 158 valence electrons. The van der Waals surface area contributed by atoms with Crippen molar-refractivity contribution in [1.29, 1.82) is 0 Å². The fourth-order valence-corrected chi connectivity index (χ4v) is 3.14. The number of fused-ring (bicyclic) bond motifs is 1. The van der Waals surface area contributed by atoms with Gasteiger partial charge in [0.25, 0.3) is 11.4 Å². The van der Waals surface area contributed by atoms with Crippen molar-refractivity contribution in [3.63, 3.8) is 0 Å². The number of carbonyl (C=O) groups is 1. The van der Waals surface area contributed by atoms with Gasteiger partial charge < -0.3 is 14.0 Å². The topological polar surface area (TPSA) is 109 Å². The molecular weight excluding hydrogens is 400 g/mol. The highest BCUT2D eigenvalue weighted by molar-refractivity contribution is 6.02. The molecule has 0 radical (unpaired) electrons. The lowest BCUT2D eigenvalue weighted by Crippen LogP contribution is -2.26. The molecule has 9 heteroatoms. The largest absolute Gasteiger partial charge is 0.497 e. The Kier molecular flexibility index (Phi) is 5.74. The number of esters is 1. The molecule has 0 bridgehead atoms. The summed E-state index contributed by atoms with van der Waals surface area (Å²) < 4.78 is 17.0. The third kappa shape index (κ3) is 4.16. The van der Waals surface area contributed by atoms with E-state index in [1.54, 1.807) is 37.4 Å². The van der Waals surface area contributed by atoms with Crippen LogP contribution in [0, 0.1) is 0 Å². The van der Waals surface area contributed by atoms with E-state index in [0.29, 0.717) is 40.9 Å². The lowest BCUT2D eigenvalue weighted by Gasteiger charge is -2.09. The van der Waals surface area contributed by atoms with Gasteiger partial charge in [-0.2, -0.15) is 10.1 Å². The molecular formula is C22H20N4O5. The van der Waals surface area contributed by atoms with Crippen LogP contribution in [0.15, 0.2) is 57.8 Å². The van der Waals surface area contributed by atoms with Crippen LogP contribution in [0.5, 0.6) is 5.75 Å². The van der Waals surface area contributed by atoms with Crippen LogP contribution < -0.4 is 10.3 Å². The van der Waals surface area contributed by atoms with Crippen LogP contribution in [-0.2, 0) is 17.9 Å². The second-order valence-corrected chi connectivity index (χ2v) is 6.74. The Morgan fingerprint density at radius 1 is 1.13 bits per heavy atom. The van der Waals surface area contributed by atoms with Gasteiger partial charge in [0.2, 0.25) is 5.82 Å². The van der Waals surface area contributed by atoms with Crippen LogP contribution in [0.1, 0.15) is 29.7 Å². The van der Waals surface area contributed by atoms with Gasteiger partial charge in [0, 0.05) is 17.5 Å². The van der Waals surface area contributed by atoms with Gasteiger partial charge in [0.05, 0.1) is 12.5 Å². The molecule has 0 amide bonds. The molecule has 0 aliphatic heterocycles. The van der Waals surface area contributed by atoms with Crippen molar-refractivity contribution in [2.75, 3.05) is 7.11 Å². The van der Waals surface area contributed by atoms with Gasteiger partial charge in [0.1, 0.15) is 5.75 Å². The summed E-state index contributed by atoms with van der Waals surface area (Å²) in [5.74, 6) is 0.472. The van der Waals surface area contributed by atoms with Gasteiger partial charge in [-0.25, -0.2) is 9.48 Å². The molecule has 4 rings (SSSR count). The monoisotopic (exact) mass is 420 g/mol. The summed E-state index contributed by atoms with van der Waals surface area (Å²) in [7, 11) is 1.57. The minimum atomic E-state index is -0.679. The summed E-state index contributed by atoms with van der Waals surface area (Å²) in [6.07, 6.45) is 0.703. The highest BCUT2D eigenvalue weighted by Crippen LogP contribution is 2.21. The molecule has 0 N–H and O–H groups in total. The number of carbonyl (C=O) groups excluding carboxylic acids is 1. The zero-order chi connectivity index (χ0) is 21.8. The van der Waals surface area contributed by atoms with E-state index in [1.165, 1.54) is 4.68 Å². The molecule has 2 aromatic carbocycles. The number of hydrogen-bond donors (Lipinski definition) is 0. The van der Waals surface area contributed by atoms with E-state index in [2.05, 4.69) is 15.2 Å². The predicted octanol–water partition coefficient (Wildman–Crippen LogP) is 3.22. The van der Waals surface area contributed by atoms with E-state index in [0.717, 1.165) is 0 Å². The average molecular weight is 420 g/mol. The second kappa shape index (κ2) is 8.78. The molecule has 0 saturated carbocycles. The summed E-state index contributed by atoms with van der Waals surface area (Å²) >= 11 is 0. The lowest BCUT2D eigenvalue weighted by molar-refractivity contribution is 0.0422. The van der Waals surface area contributed by atoms with E-state index < -0.39 is 5.97 Å². The van der Waals surface area contributed by atoms with E-state index in [-0.39, 0.29) is 23.8 Å². The number of ether oxygens (including phenoxy) is 2. The van der Waals surface area contributed by atoms with Crippen LogP contribution in [0.2, 0.25) is 0 Å². The summed E-state index contributed by atoms with van der Waals surface area (Å²) in [6.45, 7) is 2.10. The Hall–Kier alpha value is -4.01. The third-order valence-electron chi connectivity index (χ3n) is 4.62. The van der Waals surface area contributed by atoms with Crippen LogP contribution in [0.3, 0.4) is 0 Å². The van der Waals surface area contributed by atoms with Crippen molar-refractivity contribution in [2.24, 2.45) is 0 Å². The van der Waals surface area contributed by atoms with Gasteiger partial charge in [0.15, 0.2) is 12.3 Å². The first kappa shape index (κ1) is 20.3. The molecule has 31 heavy (non-hydrogen) atoms. The first-order chi connectivity index (χ1) is 15.1. The van der Waals surface area contributed by atoms with Crippen molar-refractivity contribution < 1.29 is 18.8 Å². The van der Waals surface area contributed by atoms with Crippen molar-refractivity contribution >= 4 is 16.7 Å². The molecule has 4 aromatic rings.